The van der Waals surface area contributed by atoms with E-state index in [-0.39, 0.29) is 5.97 Å². The maximum atomic E-state index is 11.3. The molecule has 1 rings (SSSR count). The van der Waals surface area contributed by atoms with E-state index in [0.717, 1.165) is 5.56 Å². The minimum Gasteiger partial charge on any atom is -0.493 e. The molecule has 5 nitrogen and oxygen atoms in total. The van der Waals surface area contributed by atoms with E-state index in [9.17, 15) is 4.79 Å². The summed E-state index contributed by atoms with van der Waals surface area (Å²) in [5, 5.41) is 0. The summed E-state index contributed by atoms with van der Waals surface area (Å²) < 4.78 is 15.6. The van der Waals surface area contributed by atoms with Gasteiger partial charge in [0, 0.05) is 6.42 Å². The van der Waals surface area contributed by atoms with Gasteiger partial charge in [-0.1, -0.05) is 0 Å². The number of hydrogen-bond acceptors (Lipinski definition) is 5. The average Bonchev–Trinajstić information content (AvgIpc) is 2.39. The zero-order valence-corrected chi connectivity index (χ0v) is 11.7. The maximum absolute atomic E-state index is 11.3. The fourth-order valence-electron chi connectivity index (χ4n) is 1.76. The molecule has 1 aromatic rings. The average molecular weight is 267 g/mol. The molecule has 0 aliphatic heterocycles. The molecular formula is C14H21NO4. The number of nitrogens with two attached hydrogens (primary N) is 1. The number of rotatable bonds is 7. The van der Waals surface area contributed by atoms with Crippen molar-refractivity contribution >= 4 is 11.7 Å². The first-order chi connectivity index (χ1) is 9.12. The van der Waals surface area contributed by atoms with Crippen LogP contribution >= 0.6 is 0 Å². The lowest BCUT2D eigenvalue weighted by Crippen LogP contribution is -2.06. The van der Waals surface area contributed by atoms with Gasteiger partial charge in [-0.15, -0.1) is 0 Å². The molecule has 0 aromatic heterocycles. The minimum absolute atomic E-state index is 0.214. The number of aryl methyl sites for hydroxylation is 1. The summed E-state index contributed by atoms with van der Waals surface area (Å²) in [4.78, 5) is 11.3. The van der Waals surface area contributed by atoms with Crippen molar-refractivity contribution < 1.29 is 19.0 Å². The van der Waals surface area contributed by atoms with Gasteiger partial charge in [0.15, 0.2) is 11.5 Å². The lowest BCUT2D eigenvalue weighted by atomic mass is 10.1. The Morgan fingerprint density at radius 1 is 1.26 bits per heavy atom. The predicted octanol–water partition coefficient (Wildman–Crippen LogP) is 2.17. The molecule has 0 radical (unpaired) electrons. The maximum Gasteiger partial charge on any atom is 0.306 e. The van der Waals surface area contributed by atoms with Gasteiger partial charge in [0.2, 0.25) is 0 Å². The minimum atomic E-state index is -0.214. The summed E-state index contributed by atoms with van der Waals surface area (Å²) in [5.41, 5.74) is 7.36. The normalized spacial score (nSPS) is 10.1. The second-order valence-electron chi connectivity index (χ2n) is 3.95. The van der Waals surface area contributed by atoms with Gasteiger partial charge in [-0.25, -0.2) is 0 Å². The molecule has 106 valence electrons. The Morgan fingerprint density at radius 2 is 2.00 bits per heavy atom. The van der Waals surface area contributed by atoms with Crippen LogP contribution in [0.1, 0.15) is 25.8 Å². The molecular weight excluding hydrogens is 246 g/mol. The molecule has 0 bridgehead atoms. The van der Waals surface area contributed by atoms with E-state index in [2.05, 4.69) is 0 Å². The lowest BCUT2D eigenvalue weighted by molar-refractivity contribution is -0.143. The Morgan fingerprint density at radius 3 is 2.58 bits per heavy atom. The second kappa shape index (κ2) is 7.51. The molecule has 0 spiro atoms. The number of anilines is 1. The SMILES string of the molecule is CCOC(=O)CCc1cc(N)c(OCC)c(OC)c1. The number of methoxy groups -OCH3 is 1. The van der Waals surface area contributed by atoms with Gasteiger partial charge in [0.1, 0.15) is 0 Å². The quantitative estimate of drug-likeness (QED) is 0.605. The monoisotopic (exact) mass is 267 g/mol. The second-order valence-corrected chi connectivity index (χ2v) is 3.95. The number of ether oxygens (including phenoxy) is 3. The third kappa shape index (κ3) is 4.35. The molecule has 0 amide bonds. The highest BCUT2D eigenvalue weighted by molar-refractivity contribution is 5.70. The highest BCUT2D eigenvalue weighted by atomic mass is 16.5. The molecule has 0 unspecified atom stereocenters. The first-order valence-corrected chi connectivity index (χ1v) is 6.37. The molecule has 0 atom stereocenters. The first kappa shape index (κ1) is 15.1. The number of esters is 1. The Labute approximate surface area is 113 Å². The number of nitrogen functional groups attached to an aromatic ring is 1. The highest BCUT2D eigenvalue weighted by Gasteiger charge is 2.12. The van der Waals surface area contributed by atoms with Gasteiger partial charge in [0.25, 0.3) is 0 Å². The largest absolute Gasteiger partial charge is 0.493 e. The molecule has 2 N–H and O–H groups in total. The van der Waals surface area contributed by atoms with Crippen LogP contribution in [0.4, 0.5) is 5.69 Å². The van der Waals surface area contributed by atoms with E-state index in [1.54, 1.807) is 20.1 Å². The number of benzene rings is 1. The van der Waals surface area contributed by atoms with E-state index in [1.165, 1.54) is 0 Å². The van der Waals surface area contributed by atoms with Crippen molar-refractivity contribution in [1.29, 1.82) is 0 Å². The van der Waals surface area contributed by atoms with Crippen LogP contribution in [0.3, 0.4) is 0 Å². The van der Waals surface area contributed by atoms with Gasteiger partial charge in [-0.2, -0.15) is 0 Å². The van der Waals surface area contributed by atoms with E-state index in [4.69, 9.17) is 19.9 Å². The van der Waals surface area contributed by atoms with Crippen molar-refractivity contribution in [3.8, 4) is 11.5 Å². The van der Waals surface area contributed by atoms with E-state index in [0.29, 0.717) is 43.2 Å². The van der Waals surface area contributed by atoms with E-state index in [1.807, 2.05) is 13.0 Å². The van der Waals surface area contributed by atoms with Crippen LogP contribution in [0.5, 0.6) is 11.5 Å². The summed E-state index contributed by atoms with van der Waals surface area (Å²) >= 11 is 0. The number of carbonyl (C=O) groups is 1. The van der Waals surface area contributed by atoms with Crippen LogP contribution in [0, 0.1) is 0 Å². The van der Waals surface area contributed by atoms with Crippen LogP contribution in [0.2, 0.25) is 0 Å². The highest BCUT2D eigenvalue weighted by Crippen LogP contribution is 2.35. The Bertz CT molecular complexity index is 432. The summed E-state index contributed by atoms with van der Waals surface area (Å²) in [7, 11) is 1.56. The molecule has 0 saturated heterocycles. The van der Waals surface area contributed by atoms with Crippen LogP contribution < -0.4 is 15.2 Å². The predicted molar refractivity (Wildman–Crippen MR) is 73.5 cm³/mol. The molecule has 5 heteroatoms. The summed E-state index contributed by atoms with van der Waals surface area (Å²) in [6.45, 7) is 4.58. The molecule has 0 fully saturated rings. The summed E-state index contributed by atoms with van der Waals surface area (Å²) in [6.07, 6.45) is 0.885. The fourth-order valence-corrected chi connectivity index (χ4v) is 1.76. The van der Waals surface area contributed by atoms with E-state index >= 15 is 0 Å². The van der Waals surface area contributed by atoms with Crippen molar-refractivity contribution in [2.75, 3.05) is 26.1 Å². The van der Waals surface area contributed by atoms with Crippen LogP contribution in [0.15, 0.2) is 12.1 Å². The van der Waals surface area contributed by atoms with Crippen LogP contribution in [0.25, 0.3) is 0 Å². The number of carbonyl (C=O) groups excluding carboxylic acids is 1. The molecule has 19 heavy (non-hydrogen) atoms. The van der Waals surface area contributed by atoms with Crippen molar-refractivity contribution in [3.05, 3.63) is 17.7 Å². The van der Waals surface area contributed by atoms with Gasteiger partial charge in [-0.05, 0) is 38.0 Å². The standard InChI is InChI=1S/C14H21NO4/c1-4-18-13(16)7-6-10-8-11(15)14(19-5-2)12(9-10)17-3/h8-9H,4-7,15H2,1-3H3. The topological polar surface area (TPSA) is 70.8 Å². The van der Waals surface area contributed by atoms with Crippen LogP contribution in [-0.2, 0) is 16.0 Å². The van der Waals surface area contributed by atoms with Crippen molar-refractivity contribution in [1.82, 2.24) is 0 Å². The first-order valence-electron chi connectivity index (χ1n) is 6.37. The molecule has 0 saturated carbocycles. The zero-order chi connectivity index (χ0) is 14.3. The molecule has 1 aromatic carbocycles. The van der Waals surface area contributed by atoms with Gasteiger partial charge in [0.05, 0.1) is 26.0 Å². The van der Waals surface area contributed by atoms with Crippen molar-refractivity contribution in [2.24, 2.45) is 0 Å². The zero-order valence-electron chi connectivity index (χ0n) is 11.7. The molecule has 0 heterocycles. The Hall–Kier alpha value is -1.91. The Kier molecular flexibility index (Phi) is 5.99. The van der Waals surface area contributed by atoms with Gasteiger partial charge < -0.3 is 19.9 Å². The molecule has 0 aliphatic carbocycles. The molecule has 0 aliphatic rings. The van der Waals surface area contributed by atoms with Crippen molar-refractivity contribution in [3.63, 3.8) is 0 Å². The van der Waals surface area contributed by atoms with Crippen LogP contribution in [-0.4, -0.2) is 26.3 Å². The van der Waals surface area contributed by atoms with Crippen molar-refractivity contribution in [2.45, 2.75) is 26.7 Å². The summed E-state index contributed by atoms with van der Waals surface area (Å²) in [6, 6.07) is 3.63. The van der Waals surface area contributed by atoms with E-state index < -0.39 is 0 Å². The third-order valence-electron chi connectivity index (χ3n) is 2.58. The fraction of sp³-hybridized carbons (Fsp3) is 0.500. The van der Waals surface area contributed by atoms with Gasteiger partial charge in [-0.3, -0.25) is 4.79 Å². The van der Waals surface area contributed by atoms with Gasteiger partial charge >= 0.3 is 5.97 Å². The summed E-state index contributed by atoms with van der Waals surface area (Å²) in [5.74, 6) is 0.916. The third-order valence-corrected chi connectivity index (χ3v) is 2.58. The Balaban J connectivity index is 2.80. The lowest BCUT2D eigenvalue weighted by Gasteiger charge is -2.13. The smallest absolute Gasteiger partial charge is 0.306 e. The number of hydrogen-bond donors (Lipinski definition) is 1.